The molecule has 2 aromatic carbocycles. The third kappa shape index (κ3) is 4.68. The molecule has 0 amide bonds. The molecule has 0 fully saturated rings. The molecule has 2 aromatic heterocycles. The number of hydrogen-bond acceptors (Lipinski definition) is 3. The second-order valence-electron chi connectivity index (χ2n) is 7.14. The van der Waals surface area contributed by atoms with Gasteiger partial charge in [-0.3, -0.25) is 9.59 Å². The third-order valence-corrected chi connectivity index (χ3v) is 5.78. The summed E-state index contributed by atoms with van der Waals surface area (Å²) in [5.41, 5.74) is 1.39. The molecule has 4 rings (SSSR count). The first-order valence-electron chi connectivity index (χ1n) is 9.88. The van der Waals surface area contributed by atoms with Crippen LogP contribution in [0.3, 0.4) is 0 Å². The molecule has 4 aromatic rings. The number of aryl methyl sites for hydroxylation is 1. The number of ether oxygens (including phenoxy) is 1. The normalized spacial score (nSPS) is 11.0. The zero-order valence-electron chi connectivity index (χ0n) is 16.6. The van der Waals surface area contributed by atoms with E-state index in [1.165, 1.54) is 6.07 Å². The largest absolute Gasteiger partial charge is 0.483 e. The Hall–Kier alpha value is -3.02. The van der Waals surface area contributed by atoms with Gasteiger partial charge in [0, 0.05) is 41.2 Å². The molecular formula is C24H20Cl2N2O3. The van der Waals surface area contributed by atoms with Crippen molar-refractivity contribution in [3.8, 4) is 5.75 Å². The minimum absolute atomic E-state index is 0.0554. The van der Waals surface area contributed by atoms with Crippen molar-refractivity contribution >= 4 is 28.7 Å². The molecular weight excluding hydrogens is 435 g/mol. The third-order valence-electron chi connectivity index (χ3n) is 5.07. The Kier molecular flexibility index (Phi) is 6.44. The standard InChI is InChI=1S/C24H20Cl2N2O3/c25-19-9-4-10-20(26)18(19)8-5-12-28-15-14-27-13-11-21(29)23(22(27)24(28)30)31-16-17-6-2-1-3-7-17/h1-4,6-7,9-11,13-15H,5,8,12,16H2. The Morgan fingerprint density at radius 2 is 1.58 bits per heavy atom. The number of nitrogens with zero attached hydrogens (tertiary/aromatic N) is 2. The van der Waals surface area contributed by atoms with Crippen LogP contribution in [0, 0.1) is 0 Å². The fourth-order valence-corrected chi connectivity index (χ4v) is 4.05. The van der Waals surface area contributed by atoms with Crippen molar-refractivity contribution in [3.63, 3.8) is 0 Å². The molecule has 0 aliphatic rings. The highest BCUT2D eigenvalue weighted by atomic mass is 35.5. The SMILES string of the molecule is O=c1ccn2ccn(CCCc3c(Cl)cccc3Cl)c(=O)c2c1OCc1ccccc1. The highest BCUT2D eigenvalue weighted by molar-refractivity contribution is 6.35. The van der Waals surface area contributed by atoms with Crippen LogP contribution in [0.25, 0.3) is 5.52 Å². The summed E-state index contributed by atoms with van der Waals surface area (Å²) >= 11 is 12.5. The van der Waals surface area contributed by atoms with Gasteiger partial charge in [-0.05, 0) is 36.1 Å². The fraction of sp³-hybridized carbons (Fsp3) is 0.167. The van der Waals surface area contributed by atoms with Crippen molar-refractivity contribution in [1.82, 2.24) is 8.97 Å². The lowest BCUT2D eigenvalue weighted by Crippen LogP contribution is -2.25. The number of halogens is 2. The van der Waals surface area contributed by atoms with Gasteiger partial charge >= 0.3 is 0 Å². The number of pyridine rings is 1. The van der Waals surface area contributed by atoms with Crippen molar-refractivity contribution in [2.75, 3.05) is 0 Å². The maximum Gasteiger partial charge on any atom is 0.278 e. The predicted molar refractivity (Wildman–Crippen MR) is 123 cm³/mol. The lowest BCUT2D eigenvalue weighted by molar-refractivity contribution is 0.305. The van der Waals surface area contributed by atoms with Gasteiger partial charge in [0.1, 0.15) is 6.61 Å². The van der Waals surface area contributed by atoms with Gasteiger partial charge in [-0.25, -0.2) is 0 Å². The van der Waals surface area contributed by atoms with Gasteiger partial charge in [-0.2, -0.15) is 0 Å². The van der Waals surface area contributed by atoms with Gasteiger partial charge < -0.3 is 13.7 Å². The lowest BCUT2D eigenvalue weighted by Gasteiger charge is -2.12. The van der Waals surface area contributed by atoms with E-state index < -0.39 is 0 Å². The first kappa shape index (κ1) is 21.2. The summed E-state index contributed by atoms with van der Waals surface area (Å²) in [6.45, 7) is 0.660. The minimum atomic E-state index is -0.325. The number of hydrogen-bond donors (Lipinski definition) is 0. The van der Waals surface area contributed by atoms with E-state index in [2.05, 4.69) is 0 Å². The summed E-state index contributed by atoms with van der Waals surface area (Å²) in [5, 5.41) is 1.23. The summed E-state index contributed by atoms with van der Waals surface area (Å²) in [5.74, 6) is 0.0554. The van der Waals surface area contributed by atoms with E-state index in [9.17, 15) is 9.59 Å². The van der Waals surface area contributed by atoms with E-state index in [0.717, 1.165) is 11.1 Å². The molecule has 0 saturated heterocycles. The van der Waals surface area contributed by atoms with Crippen LogP contribution in [-0.2, 0) is 19.6 Å². The van der Waals surface area contributed by atoms with Crippen LogP contribution < -0.4 is 15.7 Å². The van der Waals surface area contributed by atoms with Crippen molar-refractivity contribution in [2.24, 2.45) is 0 Å². The highest BCUT2D eigenvalue weighted by Gasteiger charge is 2.13. The molecule has 158 valence electrons. The monoisotopic (exact) mass is 454 g/mol. The number of benzene rings is 2. The van der Waals surface area contributed by atoms with E-state index in [1.54, 1.807) is 45.8 Å². The molecule has 0 aliphatic carbocycles. The zero-order valence-corrected chi connectivity index (χ0v) is 18.1. The molecule has 0 atom stereocenters. The molecule has 5 nitrogen and oxygen atoms in total. The highest BCUT2D eigenvalue weighted by Crippen LogP contribution is 2.25. The molecule has 0 radical (unpaired) electrons. The number of fused-ring (bicyclic) bond motifs is 1. The van der Waals surface area contributed by atoms with E-state index in [1.807, 2.05) is 30.3 Å². The van der Waals surface area contributed by atoms with Crippen molar-refractivity contribution in [2.45, 2.75) is 26.0 Å². The summed E-state index contributed by atoms with van der Waals surface area (Å²) in [4.78, 5) is 25.6. The average Bonchev–Trinajstić information content (AvgIpc) is 2.77. The van der Waals surface area contributed by atoms with Crippen LogP contribution in [-0.4, -0.2) is 8.97 Å². The Balaban J connectivity index is 1.60. The zero-order chi connectivity index (χ0) is 21.8. The van der Waals surface area contributed by atoms with Gasteiger partial charge in [0.25, 0.3) is 5.56 Å². The predicted octanol–water partition coefficient (Wildman–Crippen LogP) is 4.98. The molecule has 2 heterocycles. The molecule has 0 aliphatic heterocycles. The Labute approximate surface area is 189 Å². The Morgan fingerprint density at radius 1 is 0.839 bits per heavy atom. The second-order valence-corrected chi connectivity index (χ2v) is 7.95. The second kappa shape index (κ2) is 9.41. The van der Waals surface area contributed by atoms with E-state index >= 15 is 0 Å². The van der Waals surface area contributed by atoms with Gasteiger partial charge in [-0.1, -0.05) is 59.6 Å². The van der Waals surface area contributed by atoms with Crippen LogP contribution in [0.2, 0.25) is 10.0 Å². The summed E-state index contributed by atoms with van der Waals surface area (Å²) < 4.78 is 8.99. The molecule has 0 N–H and O–H groups in total. The number of aromatic nitrogens is 2. The van der Waals surface area contributed by atoms with Crippen LogP contribution in [0.15, 0.2) is 82.8 Å². The molecule has 0 spiro atoms. The van der Waals surface area contributed by atoms with Crippen LogP contribution in [0.1, 0.15) is 17.5 Å². The number of rotatable bonds is 7. The summed E-state index contributed by atoms with van der Waals surface area (Å²) in [6, 6.07) is 16.3. The van der Waals surface area contributed by atoms with Gasteiger partial charge in [0.2, 0.25) is 5.43 Å². The fourth-order valence-electron chi connectivity index (χ4n) is 3.46. The molecule has 0 unspecified atom stereocenters. The smallest absolute Gasteiger partial charge is 0.278 e. The first-order valence-corrected chi connectivity index (χ1v) is 10.6. The van der Waals surface area contributed by atoms with E-state index in [0.29, 0.717) is 29.4 Å². The van der Waals surface area contributed by atoms with Crippen molar-refractivity contribution in [3.05, 3.63) is 115 Å². The summed E-state index contributed by atoms with van der Waals surface area (Å²) in [6.07, 6.45) is 6.32. The van der Waals surface area contributed by atoms with Gasteiger partial charge in [-0.15, -0.1) is 0 Å². The lowest BCUT2D eigenvalue weighted by atomic mass is 10.1. The Bertz CT molecular complexity index is 1310. The minimum Gasteiger partial charge on any atom is -0.483 e. The Morgan fingerprint density at radius 3 is 2.32 bits per heavy atom. The maximum absolute atomic E-state index is 13.2. The topological polar surface area (TPSA) is 52.7 Å². The van der Waals surface area contributed by atoms with Gasteiger partial charge in [0.05, 0.1) is 0 Å². The van der Waals surface area contributed by atoms with Gasteiger partial charge in [0.15, 0.2) is 11.3 Å². The molecule has 7 heteroatoms. The quantitative estimate of drug-likeness (QED) is 0.395. The van der Waals surface area contributed by atoms with Crippen molar-refractivity contribution < 1.29 is 4.74 Å². The first-order chi connectivity index (χ1) is 15.0. The molecule has 31 heavy (non-hydrogen) atoms. The van der Waals surface area contributed by atoms with Crippen LogP contribution in [0.5, 0.6) is 5.75 Å². The molecule has 0 bridgehead atoms. The van der Waals surface area contributed by atoms with E-state index in [4.69, 9.17) is 27.9 Å². The van der Waals surface area contributed by atoms with E-state index in [-0.39, 0.29) is 28.9 Å². The van der Waals surface area contributed by atoms with Crippen LogP contribution in [0.4, 0.5) is 0 Å². The average molecular weight is 455 g/mol. The van der Waals surface area contributed by atoms with Crippen molar-refractivity contribution in [1.29, 1.82) is 0 Å². The summed E-state index contributed by atoms with van der Waals surface area (Å²) in [7, 11) is 0. The maximum atomic E-state index is 13.2. The van der Waals surface area contributed by atoms with Crippen LogP contribution >= 0.6 is 23.2 Å². The molecule has 0 saturated carbocycles.